The highest BCUT2D eigenvalue weighted by Gasteiger charge is 2.09. The van der Waals surface area contributed by atoms with Crippen LogP contribution >= 0.6 is 0 Å². The number of benzene rings is 1. The van der Waals surface area contributed by atoms with Gasteiger partial charge < -0.3 is 9.47 Å². The Labute approximate surface area is 191 Å². The summed E-state index contributed by atoms with van der Waals surface area (Å²) in [7, 11) is 0. The monoisotopic (exact) mass is 438 g/mol. The first-order valence-corrected chi connectivity index (χ1v) is 11.5. The molecule has 1 aromatic heterocycles. The van der Waals surface area contributed by atoms with Crippen LogP contribution in [-0.4, -0.2) is 28.0 Å². The number of carbonyl (C=O) groups is 2. The van der Waals surface area contributed by atoms with Gasteiger partial charge in [-0.05, 0) is 38.2 Å². The standard InChI is InChI=1S/C26H34N2O4/c1-4-6-7-8-9-10-11-25(30)32-23-18-27-26(28-19-23)22-16-14-21(15-17-22)13-12-20(3)31-24(29)5-2/h8-9,14-20H,4-7,10-13H2,1-3H3. The number of hydrogen-bond acceptors (Lipinski definition) is 6. The lowest BCUT2D eigenvalue weighted by Gasteiger charge is -2.12. The number of unbranched alkanes of at least 4 members (excludes halogenated alkanes) is 2. The van der Waals surface area contributed by atoms with Gasteiger partial charge in [0.2, 0.25) is 0 Å². The van der Waals surface area contributed by atoms with Crippen molar-refractivity contribution in [2.75, 3.05) is 0 Å². The molecule has 0 saturated heterocycles. The summed E-state index contributed by atoms with van der Waals surface area (Å²) in [6.07, 6.45) is 13.5. The van der Waals surface area contributed by atoms with Crippen molar-refractivity contribution in [3.8, 4) is 17.1 Å². The fourth-order valence-corrected chi connectivity index (χ4v) is 3.02. The topological polar surface area (TPSA) is 78.4 Å². The van der Waals surface area contributed by atoms with E-state index >= 15 is 0 Å². The Morgan fingerprint density at radius 1 is 1.00 bits per heavy atom. The molecule has 2 aromatic rings. The highest BCUT2D eigenvalue weighted by atomic mass is 16.5. The molecule has 0 radical (unpaired) electrons. The molecule has 6 nitrogen and oxygen atoms in total. The highest BCUT2D eigenvalue weighted by Crippen LogP contribution is 2.19. The number of allylic oxidation sites excluding steroid dienone is 2. The molecule has 0 fully saturated rings. The summed E-state index contributed by atoms with van der Waals surface area (Å²) in [6.45, 7) is 5.86. The van der Waals surface area contributed by atoms with Crippen molar-refractivity contribution >= 4 is 11.9 Å². The first-order chi connectivity index (χ1) is 15.5. The Morgan fingerprint density at radius 2 is 1.69 bits per heavy atom. The van der Waals surface area contributed by atoms with E-state index in [1.807, 2.05) is 37.3 Å². The lowest BCUT2D eigenvalue weighted by molar-refractivity contribution is -0.148. The quantitative estimate of drug-likeness (QED) is 0.222. The number of ether oxygens (including phenoxy) is 2. The second-order valence-corrected chi connectivity index (χ2v) is 7.76. The van der Waals surface area contributed by atoms with Gasteiger partial charge in [0.1, 0.15) is 0 Å². The van der Waals surface area contributed by atoms with Crippen LogP contribution in [0.15, 0.2) is 48.8 Å². The van der Waals surface area contributed by atoms with Crippen LogP contribution in [0.1, 0.15) is 71.3 Å². The van der Waals surface area contributed by atoms with Crippen molar-refractivity contribution in [1.82, 2.24) is 9.97 Å². The van der Waals surface area contributed by atoms with Gasteiger partial charge in [0, 0.05) is 18.4 Å². The molecule has 0 aliphatic heterocycles. The third-order valence-electron chi connectivity index (χ3n) is 4.94. The van der Waals surface area contributed by atoms with E-state index in [4.69, 9.17) is 9.47 Å². The van der Waals surface area contributed by atoms with Gasteiger partial charge in [-0.15, -0.1) is 0 Å². The number of hydrogen-bond donors (Lipinski definition) is 0. The molecule has 0 amide bonds. The zero-order valence-corrected chi connectivity index (χ0v) is 19.4. The van der Waals surface area contributed by atoms with Gasteiger partial charge in [0.25, 0.3) is 0 Å². The minimum Gasteiger partial charge on any atom is -0.463 e. The van der Waals surface area contributed by atoms with E-state index in [2.05, 4.69) is 23.0 Å². The van der Waals surface area contributed by atoms with Crippen LogP contribution in [-0.2, 0) is 20.7 Å². The molecule has 1 aromatic carbocycles. The molecule has 1 heterocycles. The first kappa shape index (κ1) is 25.2. The van der Waals surface area contributed by atoms with Crippen molar-refractivity contribution in [2.45, 2.75) is 78.2 Å². The van der Waals surface area contributed by atoms with E-state index in [1.165, 1.54) is 25.2 Å². The molecule has 6 heteroatoms. The van der Waals surface area contributed by atoms with Gasteiger partial charge in [0.15, 0.2) is 11.6 Å². The molecule has 172 valence electrons. The van der Waals surface area contributed by atoms with Crippen molar-refractivity contribution in [1.29, 1.82) is 0 Å². The van der Waals surface area contributed by atoms with Crippen LogP contribution < -0.4 is 4.74 Å². The molecule has 0 N–H and O–H groups in total. The van der Waals surface area contributed by atoms with E-state index < -0.39 is 0 Å². The van der Waals surface area contributed by atoms with Gasteiger partial charge in [-0.25, -0.2) is 9.97 Å². The molecule has 0 aliphatic carbocycles. The Balaban J connectivity index is 1.80. The average Bonchev–Trinajstić information content (AvgIpc) is 2.81. The normalized spacial score (nSPS) is 12.0. The number of carbonyl (C=O) groups excluding carboxylic acids is 2. The second kappa shape index (κ2) is 14.1. The maximum Gasteiger partial charge on any atom is 0.311 e. The third-order valence-corrected chi connectivity index (χ3v) is 4.94. The van der Waals surface area contributed by atoms with Gasteiger partial charge in [-0.2, -0.15) is 0 Å². The fraction of sp³-hybridized carbons (Fsp3) is 0.462. The second-order valence-electron chi connectivity index (χ2n) is 7.76. The van der Waals surface area contributed by atoms with Crippen LogP contribution in [0.2, 0.25) is 0 Å². The van der Waals surface area contributed by atoms with Crippen molar-refractivity contribution in [3.63, 3.8) is 0 Å². The smallest absolute Gasteiger partial charge is 0.311 e. The first-order valence-electron chi connectivity index (χ1n) is 11.5. The summed E-state index contributed by atoms with van der Waals surface area (Å²) >= 11 is 0. The highest BCUT2D eigenvalue weighted by molar-refractivity contribution is 5.72. The molecule has 0 spiro atoms. The number of aryl methyl sites for hydroxylation is 1. The number of aromatic nitrogens is 2. The summed E-state index contributed by atoms with van der Waals surface area (Å²) < 4.78 is 10.6. The van der Waals surface area contributed by atoms with E-state index in [0.29, 0.717) is 30.8 Å². The lowest BCUT2D eigenvalue weighted by Crippen LogP contribution is -2.14. The van der Waals surface area contributed by atoms with Crippen LogP contribution in [0.5, 0.6) is 5.75 Å². The maximum absolute atomic E-state index is 11.9. The zero-order chi connectivity index (χ0) is 23.2. The molecular weight excluding hydrogens is 404 g/mol. The van der Waals surface area contributed by atoms with E-state index in [1.54, 1.807) is 6.92 Å². The third kappa shape index (κ3) is 9.41. The number of esters is 2. The molecule has 32 heavy (non-hydrogen) atoms. The van der Waals surface area contributed by atoms with Crippen molar-refractivity contribution in [3.05, 3.63) is 54.4 Å². The zero-order valence-electron chi connectivity index (χ0n) is 19.4. The summed E-state index contributed by atoms with van der Waals surface area (Å²) in [6, 6.07) is 7.97. The molecule has 0 bridgehead atoms. The molecule has 2 rings (SSSR count). The molecule has 0 aliphatic rings. The summed E-state index contributed by atoms with van der Waals surface area (Å²) in [4.78, 5) is 31.9. The Hall–Kier alpha value is -3.02. The van der Waals surface area contributed by atoms with Gasteiger partial charge in [-0.3, -0.25) is 9.59 Å². The molecule has 1 unspecified atom stereocenters. The number of nitrogens with zero attached hydrogens (tertiary/aromatic N) is 2. The maximum atomic E-state index is 11.9. The SMILES string of the molecule is CCCCC=CCCC(=O)Oc1cnc(-c2ccc(CCC(C)OC(=O)CC)cc2)nc1. The minimum atomic E-state index is -0.287. The van der Waals surface area contributed by atoms with Crippen molar-refractivity contribution in [2.24, 2.45) is 0 Å². The summed E-state index contributed by atoms with van der Waals surface area (Å²) in [5.74, 6) is 0.462. The van der Waals surface area contributed by atoms with Gasteiger partial charge in [0.05, 0.1) is 18.5 Å². The molecule has 1 atom stereocenters. The molecule has 0 saturated carbocycles. The Bertz CT molecular complexity index is 860. The van der Waals surface area contributed by atoms with E-state index in [0.717, 1.165) is 30.4 Å². The Kier molecular flexibility index (Phi) is 11.1. The van der Waals surface area contributed by atoms with Crippen LogP contribution in [0, 0.1) is 0 Å². The van der Waals surface area contributed by atoms with Gasteiger partial charge >= 0.3 is 11.9 Å². The summed E-state index contributed by atoms with van der Waals surface area (Å²) in [5.41, 5.74) is 2.04. The minimum absolute atomic E-state index is 0.0993. The molecular formula is C26H34N2O4. The van der Waals surface area contributed by atoms with E-state index in [9.17, 15) is 9.59 Å². The predicted molar refractivity (Wildman–Crippen MR) is 125 cm³/mol. The van der Waals surface area contributed by atoms with Crippen molar-refractivity contribution < 1.29 is 19.1 Å². The van der Waals surface area contributed by atoms with Crippen LogP contribution in [0.25, 0.3) is 11.4 Å². The largest absolute Gasteiger partial charge is 0.463 e. The Morgan fingerprint density at radius 3 is 2.34 bits per heavy atom. The summed E-state index contributed by atoms with van der Waals surface area (Å²) in [5, 5.41) is 0. The van der Waals surface area contributed by atoms with E-state index in [-0.39, 0.29) is 18.0 Å². The van der Waals surface area contributed by atoms with Crippen LogP contribution in [0.4, 0.5) is 0 Å². The van der Waals surface area contributed by atoms with Gasteiger partial charge in [-0.1, -0.05) is 63.1 Å². The predicted octanol–water partition coefficient (Wildman–Crippen LogP) is 5.85. The van der Waals surface area contributed by atoms with Crippen LogP contribution in [0.3, 0.4) is 0 Å². The fourth-order valence-electron chi connectivity index (χ4n) is 3.02. The average molecular weight is 439 g/mol. The number of rotatable bonds is 13. The lowest BCUT2D eigenvalue weighted by atomic mass is 10.1.